The summed E-state index contributed by atoms with van der Waals surface area (Å²) < 4.78 is 14.2. The SMILES string of the molecule is CNc1ccc(Cc2nc3c([nH]2)CN(Cc2ccccc2F)CN3CC2CC2)cc1. The minimum absolute atomic E-state index is 0.132. The van der Waals surface area contributed by atoms with Crippen LogP contribution < -0.4 is 10.2 Å². The maximum Gasteiger partial charge on any atom is 0.152 e. The molecule has 1 saturated carbocycles. The number of anilines is 2. The van der Waals surface area contributed by atoms with Gasteiger partial charge < -0.3 is 15.2 Å². The van der Waals surface area contributed by atoms with Crippen molar-refractivity contribution in [3.63, 3.8) is 0 Å². The average Bonchev–Trinajstić information content (AvgIpc) is 3.47. The molecule has 156 valence electrons. The zero-order chi connectivity index (χ0) is 20.5. The summed E-state index contributed by atoms with van der Waals surface area (Å²) >= 11 is 0. The van der Waals surface area contributed by atoms with E-state index in [-0.39, 0.29) is 5.82 Å². The van der Waals surface area contributed by atoms with Crippen molar-refractivity contribution >= 4 is 11.5 Å². The molecule has 1 fully saturated rings. The van der Waals surface area contributed by atoms with E-state index in [9.17, 15) is 4.39 Å². The van der Waals surface area contributed by atoms with Crippen molar-refractivity contribution in [3.8, 4) is 0 Å². The Balaban J connectivity index is 1.36. The molecule has 5 nitrogen and oxygen atoms in total. The Morgan fingerprint density at radius 2 is 1.93 bits per heavy atom. The molecule has 30 heavy (non-hydrogen) atoms. The van der Waals surface area contributed by atoms with Crippen LogP contribution in [0.5, 0.6) is 0 Å². The molecule has 6 heteroatoms. The van der Waals surface area contributed by atoms with Gasteiger partial charge in [0, 0.05) is 44.4 Å². The molecule has 0 saturated heterocycles. The topological polar surface area (TPSA) is 47.2 Å². The highest BCUT2D eigenvalue weighted by molar-refractivity contribution is 5.48. The molecule has 1 aromatic heterocycles. The van der Waals surface area contributed by atoms with Crippen LogP contribution in [0.2, 0.25) is 0 Å². The van der Waals surface area contributed by atoms with Crippen LogP contribution in [-0.2, 0) is 19.5 Å². The van der Waals surface area contributed by atoms with E-state index in [4.69, 9.17) is 4.98 Å². The van der Waals surface area contributed by atoms with E-state index in [0.717, 1.165) is 60.7 Å². The second kappa shape index (κ2) is 8.11. The van der Waals surface area contributed by atoms with Crippen LogP contribution in [0.25, 0.3) is 0 Å². The third-order valence-electron chi connectivity index (χ3n) is 6.00. The minimum Gasteiger partial charge on any atom is -0.388 e. The summed E-state index contributed by atoms with van der Waals surface area (Å²) in [5.41, 5.74) is 4.23. The lowest BCUT2D eigenvalue weighted by Gasteiger charge is -2.35. The van der Waals surface area contributed by atoms with Crippen LogP contribution in [0.15, 0.2) is 48.5 Å². The van der Waals surface area contributed by atoms with Gasteiger partial charge in [0.2, 0.25) is 0 Å². The van der Waals surface area contributed by atoms with Crippen molar-refractivity contribution in [2.24, 2.45) is 5.92 Å². The molecule has 0 amide bonds. The molecule has 1 aliphatic heterocycles. The molecule has 2 heterocycles. The van der Waals surface area contributed by atoms with Gasteiger partial charge in [-0.2, -0.15) is 0 Å². The summed E-state index contributed by atoms with van der Waals surface area (Å²) in [5, 5.41) is 3.15. The van der Waals surface area contributed by atoms with Gasteiger partial charge in [-0.25, -0.2) is 9.37 Å². The third-order valence-corrected chi connectivity index (χ3v) is 6.00. The smallest absolute Gasteiger partial charge is 0.152 e. The highest BCUT2D eigenvalue weighted by Gasteiger charge is 2.31. The zero-order valence-corrected chi connectivity index (χ0v) is 17.4. The van der Waals surface area contributed by atoms with Crippen molar-refractivity contribution in [3.05, 3.63) is 77.0 Å². The van der Waals surface area contributed by atoms with E-state index in [1.807, 2.05) is 19.2 Å². The van der Waals surface area contributed by atoms with Gasteiger partial charge >= 0.3 is 0 Å². The van der Waals surface area contributed by atoms with Gasteiger partial charge in [0.05, 0.1) is 12.4 Å². The lowest BCUT2D eigenvalue weighted by molar-refractivity contribution is 0.235. The number of rotatable bonds is 7. The van der Waals surface area contributed by atoms with Gasteiger partial charge in [-0.05, 0) is 42.5 Å². The van der Waals surface area contributed by atoms with Gasteiger partial charge in [-0.1, -0.05) is 30.3 Å². The van der Waals surface area contributed by atoms with Crippen molar-refractivity contribution in [1.29, 1.82) is 0 Å². The molecule has 0 bridgehead atoms. The fourth-order valence-electron chi connectivity index (χ4n) is 4.20. The molecule has 3 aromatic rings. The van der Waals surface area contributed by atoms with Crippen molar-refractivity contribution in [2.45, 2.75) is 32.4 Å². The number of fused-ring (bicyclic) bond motifs is 1. The molecule has 2 aromatic carbocycles. The van der Waals surface area contributed by atoms with Crippen molar-refractivity contribution < 1.29 is 4.39 Å². The Bertz CT molecular complexity index is 1010. The third kappa shape index (κ3) is 4.19. The summed E-state index contributed by atoms with van der Waals surface area (Å²) in [6.07, 6.45) is 3.38. The predicted octanol–water partition coefficient (Wildman–Crippen LogP) is 4.37. The first kappa shape index (κ1) is 19.1. The summed E-state index contributed by atoms with van der Waals surface area (Å²) in [5.74, 6) is 2.70. The van der Waals surface area contributed by atoms with Gasteiger partial charge in [0.1, 0.15) is 11.6 Å². The molecule has 0 unspecified atom stereocenters. The lowest BCUT2D eigenvalue weighted by atomic mass is 10.1. The maximum atomic E-state index is 14.2. The normalized spacial score (nSPS) is 16.5. The number of nitrogens with zero attached hydrogens (tertiary/aromatic N) is 3. The summed E-state index contributed by atoms with van der Waals surface area (Å²) in [4.78, 5) is 13.2. The van der Waals surface area contributed by atoms with E-state index in [2.05, 4.69) is 44.4 Å². The first-order valence-corrected chi connectivity index (χ1v) is 10.7. The van der Waals surface area contributed by atoms with Crippen LogP contribution in [0.1, 0.15) is 35.5 Å². The summed E-state index contributed by atoms with van der Waals surface area (Å²) in [7, 11) is 1.93. The summed E-state index contributed by atoms with van der Waals surface area (Å²) in [6.45, 7) is 3.19. The Labute approximate surface area is 176 Å². The molecule has 2 aliphatic rings. The molecular formula is C24H28FN5. The van der Waals surface area contributed by atoms with Crippen LogP contribution in [0.3, 0.4) is 0 Å². The van der Waals surface area contributed by atoms with Gasteiger partial charge in [-0.15, -0.1) is 0 Å². The number of H-pyrrole nitrogens is 1. The van der Waals surface area contributed by atoms with Gasteiger partial charge in [0.25, 0.3) is 0 Å². The Morgan fingerprint density at radius 1 is 1.13 bits per heavy atom. The second-order valence-corrected chi connectivity index (χ2v) is 8.50. The number of benzene rings is 2. The van der Waals surface area contributed by atoms with E-state index >= 15 is 0 Å². The predicted molar refractivity (Wildman–Crippen MR) is 118 cm³/mol. The molecular weight excluding hydrogens is 377 g/mol. The molecule has 0 atom stereocenters. The van der Waals surface area contributed by atoms with Gasteiger partial charge in [-0.3, -0.25) is 4.90 Å². The number of aromatic nitrogens is 2. The van der Waals surface area contributed by atoms with Crippen LogP contribution >= 0.6 is 0 Å². The largest absolute Gasteiger partial charge is 0.388 e. The summed E-state index contributed by atoms with van der Waals surface area (Å²) in [6, 6.07) is 15.5. The highest BCUT2D eigenvalue weighted by Crippen LogP contribution is 2.34. The Hall–Kier alpha value is -2.86. The number of aromatic amines is 1. The first-order valence-electron chi connectivity index (χ1n) is 10.7. The second-order valence-electron chi connectivity index (χ2n) is 8.50. The zero-order valence-electron chi connectivity index (χ0n) is 17.4. The lowest BCUT2D eigenvalue weighted by Crippen LogP contribution is -2.43. The van der Waals surface area contributed by atoms with Crippen LogP contribution in [-0.4, -0.2) is 35.1 Å². The standard InChI is InChI=1S/C24H28FN5/c1-26-20-10-8-17(9-11-20)12-23-27-22-15-29(14-19-4-2-3-5-21(19)25)16-30(24(22)28-23)13-18-6-7-18/h2-5,8-11,18,26H,6-7,12-16H2,1H3,(H,27,28). The number of hydrogen-bond donors (Lipinski definition) is 2. The fourth-order valence-corrected chi connectivity index (χ4v) is 4.20. The molecule has 5 rings (SSSR count). The Morgan fingerprint density at radius 3 is 2.67 bits per heavy atom. The molecule has 0 radical (unpaired) electrons. The van der Waals surface area contributed by atoms with E-state index in [1.54, 1.807) is 12.1 Å². The van der Waals surface area contributed by atoms with Gasteiger partial charge in [0.15, 0.2) is 5.82 Å². The number of nitrogens with one attached hydrogen (secondary N) is 2. The average molecular weight is 406 g/mol. The molecule has 1 aliphatic carbocycles. The van der Waals surface area contributed by atoms with Crippen LogP contribution in [0, 0.1) is 11.7 Å². The van der Waals surface area contributed by atoms with E-state index in [1.165, 1.54) is 18.4 Å². The minimum atomic E-state index is -0.132. The fraction of sp³-hybridized carbons (Fsp3) is 0.375. The monoisotopic (exact) mass is 405 g/mol. The molecule has 2 N–H and O–H groups in total. The maximum absolute atomic E-state index is 14.2. The van der Waals surface area contributed by atoms with Crippen molar-refractivity contribution in [1.82, 2.24) is 14.9 Å². The number of hydrogen-bond acceptors (Lipinski definition) is 4. The highest BCUT2D eigenvalue weighted by atomic mass is 19.1. The van der Waals surface area contributed by atoms with E-state index < -0.39 is 0 Å². The number of halogens is 1. The first-order chi connectivity index (χ1) is 14.7. The number of imidazole rings is 1. The molecule has 0 spiro atoms. The van der Waals surface area contributed by atoms with Crippen molar-refractivity contribution in [2.75, 3.05) is 30.5 Å². The Kier molecular flexibility index (Phi) is 5.17. The van der Waals surface area contributed by atoms with E-state index in [0.29, 0.717) is 6.54 Å². The quantitative estimate of drug-likeness (QED) is 0.613. The van der Waals surface area contributed by atoms with Crippen LogP contribution in [0.4, 0.5) is 15.9 Å².